The SMILES string of the molecule is O=C(O)C(=O)O.OC(COCc1ccc2c(c1)OCO2)CN1CCN(c2ccccc2F)CC1. The van der Waals surface area contributed by atoms with Crippen LogP contribution in [0.5, 0.6) is 11.5 Å². The lowest BCUT2D eigenvalue weighted by molar-refractivity contribution is -0.159. The molecule has 2 aliphatic rings. The molecule has 1 unspecified atom stereocenters. The van der Waals surface area contributed by atoms with Gasteiger partial charge in [-0.15, -0.1) is 0 Å². The lowest BCUT2D eigenvalue weighted by Crippen LogP contribution is -2.49. The van der Waals surface area contributed by atoms with Crippen molar-refractivity contribution in [2.75, 3.05) is 51.0 Å². The molecule has 0 spiro atoms. The summed E-state index contributed by atoms with van der Waals surface area (Å²) in [5.41, 5.74) is 1.63. The molecule has 1 saturated heterocycles. The van der Waals surface area contributed by atoms with E-state index in [1.165, 1.54) is 6.07 Å². The first kappa shape index (κ1) is 25.2. The zero-order chi connectivity index (χ0) is 24.5. The Hall–Kier alpha value is -3.41. The van der Waals surface area contributed by atoms with Gasteiger partial charge in [0.15, 0.2) is 11.5 Å². The average Bonchev–Trinajstić information content (AvgIpc) is 3.28. The molecule has 1 fully saturated rings. The van der Waals surface area contributed by atoms with Gasteiger partial charge in [0.2, 0.25) is 6.79 Å². The topological polar surface area (TPSA) is 129 Å². The molecule has 2 aliphatic heterocycles. The summed E-state index contributed by atoms with van der Waals surface area (Å²) < 4.78 is 30.2. The number of ether oxygens (including phenoxy) is 3. The van der Waals surface area contributed by atoms with Crippen molar-refractivity contribution in [2.45, 2.75) is 12.7 Å². The van der Waals surface area contributed by atoms with Gasteiger partial charge in [0.05, 0.1) is 25.0 Å². The number of rotatable bonds is 7. The van der Waals surface area contributed by atoms with Crippen LogP contribution in [0.4, 0.5) is 10.1 Å². The molecule has 3 N–H and O–H groups in total. The van der Waals surface area contributed by atoms with Crippen molar-refractivity contribution in [3.63, 3.8) is 0 Å². The molecule has 2 aromatic carbocycles. The fourth-order valence-electron chi connectivity index (χ4n) is 3.57. The largest absolute Gasteiger partial charge is 0.473 e. The van der Waals surface area contributed by atoms with Gasteiger partial charge in [-0.2, -0.15) is 0 Å². The lowest BCUT2D eigenvalue weighted by Gasteiger charge is -2.36. The molecule has 184 valence electrons. The maximum atomic E-state index is 13.9. The number of piperazine rings is 1. The Morgan fingerprint density at radius 2 is 1.68 bits per heavy atom. The minimum Gasteiger partial charge on any atom is -0.473 e. The Morgan fingerprint density at radius 1 is 1.00 bits per heavy atom. The van der Waals surface area contributed by atoms with Crippen molar-refractivity contribution in [1.82, 2.24) is 4.90 Å². The highest BCUT2D eigenvalue weighted by Gasteiger charge is 2.21. The molecule has 0 bridgehead atoms. The number of β-amino-alcohol motifs (C(OH)–C–C–N with tert-alkyl or cyclic N) is 1. The summed E-state index contributed by atoms with van der Waals surface area (Å²) in [6, 6.07) is 12.6. The molecule has 0 aromatic heterocycles. The molecule has 2 aromatic rings. The van der Waals surface area contributed by atoms with E-state index in [1.807, 2.05) is 35.2 Å². The number of nitrogens with zero attached hydrogens (tertiary/aromatic N) is 2. The van der Waals surface area contributed by atoms with E-state index in [9.17, 15) is 9.50 Å². The fraction of sp³-hybridized carbons (Fsp3) is 0.391. The first-order valence-corrected chi connectivity index (χ1v) is 10.7. The number of hydrogen-bond donors (Lipinski definition) is 3. The lowest BCUT2D eigenvalue weighted by atomic mass is 10.2. The molecule has 0 amide bonds. The van der Waals surface area contributed by atoms with Gasteiger partial charge in [-0.1, -0.05) is 18.2 Å². The van der Waals surface area contributed by atoms with E-state index in [1.54, 1.807) is 6.07 Å². The second kappa shape index (κ2) is 12.2. The summed E-state index contributed by atoms with van der Waals surface area (Å²) in [6.45, 7) is 4.53. The highest BCUT2D eigenvalue weighted by atomic mass is 19.1. The van der Waals surface area contributed by atoms with Gasteiger partial charge in [0, 0.05) is 32.7 Å². The Labute approximate surface area is 195 Å². The van der Waals surface area contributed by atoms with E-state index < -0.39 is 18.0 Å². The van der Waals surface area contributed by atoms with Gasteiger partial charge >= 0.3 is 11.9 Å². The molecule has 10 nitrogen and oxygen atoms in total. The minimum atomic E-state index is -1.82. The normalized spacial score (nSPS) is 15.9. The number of halogens is 1. The number of anilines is 1. The van der Waals surface area contributed by atoms with Gasteiger partial charge in [0.1, 0.15) is 5.82 Å². The van der Waals surface area contributed by atoms with Crippen LogP contribution < -0.4 is 14.4 Å². The van der Waals surface area contributed by atoms with Crippen LogP contribution in [0.1, 0.15) is 5.56 Å². The Morgan fingerprint density at radius 3 is 2.35 bits per heavy atom. The summed E-state index contributed by atoms with van der Waals surface area (Å²) >= 11 is 0. The number of aliphatic hydroxyl groups excluding tert-OH is 1. The van der Waals surface area contributed by atoms with Crippen LogP contribution in [0, 0.1) is 5.82 Å². The maximum Gasteiger partial charge on any atom is 0.414 e. The van der Waals surface area contributed by atoms with E-state index in [2.05, 4.69) is 4.90 Å². The summed E-state index contributed by atoms with van der Waals surface area (Å²) in [6.07, 6.45) is -0.561. The molecular formula is C23H27FN2O8. The molecular weight excluding hydrogens is 451 g/mol. The summed E-state index contributed by atoms with van der Waals surface area (Å²) in [7, 11) is 0. The second-order valence-corrected chi connectivity index (χ2v) is 7.71. The van der Waals surface area contributed by atoms with Crippen LogP contribution in [0.15, 0.2) is 42.5 Å². The molecule has 4 rings (SSSR count). The molecule has 0 saturated carbocycles. The van der Waals surface area contributed by atoms with Gasteiger partial charge in [0.25, 0.3) is 0 Å². The average molecular weight is 478 g/mol. The van der Waals surface area contributed by atoms with Crippen LogP contribution >= 0.6 is 0 Å². The van der Waals surface area contributed by atoms with Crippen molar-refractivity contribution in [3.8, 4) is 11.5 Å². The number of aliphatic carboxylic acids is 2. The summed E-state index contributed by atoms with van der Waals surface area (Å²) in [4.78, 5) is 22.4. The van der Waals surface area contributed by atoms with Crippen molar-refractivity contribution < 1.29 is 43.5 Å². The quantitative estimate of drug-likeness (QED) is 0.503. The first-order chi connectivity index (χ1) is 16.3. The van der Waals surface area contributed by atoms with E-state index in [0.29, 0.717) is 18.8 Å². The van der Waals surface area contributed by atoms with E-state index in [4.69, 9.17) is 34.0 Å². The molecule has 0 aliphatic carbocycles. The molecule has 0 radical (unpaired) electrons. The number of carbonyl (C=O) groups is 2. The molecule has 11 heteroatoms. The Bertz CT molecular complexity index is 969. The molecule has 34 heavy (non-hydrogen) atoms. The monoisotopic (exact) mass is 478 g/mol. The van der Waals surface area contributed by atoms with Crippen LogP contribution in [0.3, 0.4) is 0 Å². The number of hydrogen-bond acceptors (Lipinski definition) is 8. The van der Waals surface area contributed by atoms with Crippen LogP contribution in [0.2, 0.25) is 0 Å². The number of fused-ring (bicyclic) bond motifs is 1. The van der Waals surface area contributed by atoms with Gasteiger partial charge in [-0.05, 0) is 29.8 Å². The van der Waals surface area contributed by atoms with E-state index in [-0.39, 0.29) is 19.2 Å². The smallest absolute Gasteiger partial charge is 0.414 e. The zero-order valence-electron chi connectivity index (χ0n) is 18.4. The number of benzene rings is 2. The third-order valence-electron chi connectivity index (χ3n) is 5.23. The zero-order valence-corrected chi connectivity index (χ0v) is 18.4. The highest BCUT2D eigenvalue weighted by molar-refractivity contribution is 6.27. The number of para-hydroxylation sites is 1. The third-order valence-corrected chi connectivity index (χ3v) is 5.23. The third kappa shape index (κ3) is 7.30. The minimum absolute atomic E-state index is 0.187. The predicted octanol–water partition coefficient (Wildman–Crippen LogP) is 1.41. The maximum absolute atomic E-state index is 13.9. The molecule has 1 atom stereocenters. The van der Waals surface area contributed by atoms with Gasteiger partial charge in [-0.25, -0.2) is 14.0 Å². The highest BCUT2D eigenvalue weighted by Crippen LogP contribution is 2.32. The van der Waals surface area contributed by atoms with Crippen molar-refractivity contribution >= 4 is 17.6 Å². The summed E-state index contributed by atoms with van der Waals surface area (Å²) in [5, 5.41) is 25.1. The predicted molar refractivity (Wildman–Crippen MR) is 119 cm³/mol. The number of carboxylic acid groups (broad SMARTS) is 2. The van der Waals surface area contributed by atoms with Crippen molar-refractivity contribution in [3.05, 3.63) is 53.8 Å². The fourth-order valence-corrected chi connectivity index (χ4v) is 3.57. The Kier molecular flexibility index (Phi) is 9.02. The van der Waals surface area contributed by atoms with Crippen LogP contribution in [-0.4, -0.2) is 84.4 Å². The van der Waals surface area contributed by atoms with Crippen LogP contribution in [-0.2, 0) is 20.9 Å². The van der Waals surface area contributed by atoms with Gasteiger partial charge in [-0.3, -0.25) is 4.90 Å². The summed E-state index contributed by atoms with van der Waals surface area (Å²) in [5.74, 6) is -2.36. The van der Waals surface area contributed by atoms with Gasteiger partial charge < -0.3 is 34.4 Å². The molecule has 2 heterocycles. The van der Waals surface area contributed by atoms with Crippen LogP contribution in [0.25, 0.3) is 0 Å². The second-order valence-electron chi connectivity index (χ2n) is 7.71. The van der Waals surface area contributed by atoms with E-state index >= 15 is 0 Å². The van der Waals surface area contributed by atoms with E-state index in [0.717, 1.165) is 43.2 Å². The Balaban J connectivity index is 0.000000481. The number of carboxylic acids is 2. The van der Waals surface area contributed by atoms with Crippen molar-refractivity contribution in [2.24, 2.45) is 0 Å². The standard InChI is InChI=1S/C21H25FN2O4.C2H2O4/c22-18-3-1-2-4-19(18)24-9-7-23(8-10-24)12-17(25)14-26-13-16-5-6-20-21(11-16)28-15-27-20;3-1(4)2(5)6/h1-6,11,17,25H,7-10,12-15H2;(H,3,4)(H,5,6). The first-order valence-electron chi connectivity index (χ1n) is 10.7. The van der Waals surface area contributed by atoms with Crippen molar-refractivity contribution in [1.29, 1.82) is 0 Å². The number of aliphatic hydroxyl groups is 1.